The van der Waals surface area contributed by atoms with E-state index in [1.165, 1.54) is 12.4 Å². The van der Waals surface area contributed by atoms with E-state index in [2.05, 4.69) is 20.1 Å². The van der Waals surface area contributed by atoms with Crippen LogP contribution in [0.15, 0.2) is 41.2 Å². The topological polar surface area (TPSA) is 100.0 Å². The molecule has 0 aliphatic carbocycles. The third kappa shape index (κ3) is 2.66. The summed E-state index contributed by atoms with van der Waals surface area (Å²) in [4.78, 5) is 12.3. The summed E-state index contributed by atoms with van der Waals surface area (Å²) in [5.41, 5.74) is 7.10. The van der Waals surface area contributed by atoms with Gasteiger partial charge in [-0.3, -0.25) is 0 Å². The Morgan fingerprint density at radius 1 is 1.19 bits per heavy atom. The quantitative estimate of drug-likeness (QED) is 0.777. The van der Waals surface area contributed by atoms with Gasteiger partial charge in [0.1, 0.15) is 5.75 Å². The average Bonchev–Trinajstić information content (AvgIpc) is 2.96. The standard InChI is InChI=1S/C14H13N5O2/c1-20-10-5-3-2-4-9(10)8-11-18-14(21-19-11)12-13(15)17-7-6-16-12/h2-7H,8H2,1H3,(H2,15,17). The molecule has 21 heavy (non-hydrogen) atoms. The van der Waals surface area contributed by atoms with Crippen LogP contribution < -0.4 is 10.5 Å². The molecule has 0 aliphatic heterocycles. The highest BCUT2D eigenvalue weighted by Crippen LogP contribution is 2.22. The lowest BCUT2D eigenvalue weighted by molar-refractivity contribution is 0.408. The number of hydrogen-bond acceptors (Lipinski definition) is 7. The van der Waals surface area contributed by atoms with E-state index in [9.17, 15) is 0 Å². The van der Waals surface area contributed by atoms with Crippen LogP contribution in [0.3, 0.4) is 0 Å². The Bertz CT molecular complexity index is 756. The van der Waals surface area contributed by atoms with Crippen molar-refractivity contribution in [3.63, 3.8) is 0 Å². The van der Waals surface area contributed by atoms with Gasteiger partial charge in [0, 0.05) is 24.4 Å². The Morgan fingerprint density at radius 3 is 2.81 bits per heavy atom. The van der Waals surface area contributed by atoms with Gasteiger partial charge >= 0.3 is 0 Å². The zero-order valence-corrected chi connectivity index (χ0v) is 11.4. The zero-order valence-electron chi connectivity index (χ0n) is 11.4. The summed E-state index contributed by atoms with van der Waals surface area (Å²) in [7, 11) is 1.63. The third-order valence-electron chi connectivity index (χ3n) is 2.94. The lowest BCUT2D eigenvalue weighted by Crippen LogP contribution is -1.97. The number of aromatic nitrogens is 4. The van der Waals surface area contributed by atoms with Crippen LogP contribution in [-0.4, -0.2) is 27.2 Å². The molecule has 0 atom stereocenters. The van der Waals surface area contributed by atoms with Crippen molar-refractivity contribution in [3.05, 3.63) is 48.0 Å². The number of para-hydroxylation sites is 1. The van der Waals surface area contributed by atoms with Gasteiger partial charge in [0.2, 0.25) is 0 Å². The summed E-state index contributed by atoms with van der Waals surface area (Å²) < 4.78 is 10.5. The Kier molecular flexibility index (Phi) is 3.46. The largest absolute Gasteiger partial charge is 0.496 e. The molecule has 0 amide bonds. The first-order valence-electron chi connectivity index (χ1n) is 6.29. The maximum Gasteiger partial charge on any atom is 0.280 e. The molecule has 0 saturated carbocycles. The van der Waals surface area contributed by atoms with Crippen molar-refractivity contribution in [3.8, 4) is 17.3 Å². The molecular weight excluding hydrogens is 270 g/mol. The first-order chi connectivity index (χ1) is 10.3. The van der Waals surface area contributed by atoms with E-state index in [-0.39, 0.29) is 11.7 Å². The predicted octanol–water partition coefficient (Wildman–Crippen LogP) is 1.71. The molecule has 1 aromatic carbocycles. The Hall–Kier alpha value is -2.96. The van der Waals surface area contributed by atoms with Crippen molar-refractivity contribution in [2.45, 2.75) is 6.42 Å². The molecule has 106 valence electrons. The molecule has 0 fully saturated rings. The molecule has 0 aliphatic rings. The fraction of sp³-hybridized carbons (Fsp3) is 0.143. The highest BCUT2D eigenvalue weighted by molar-refractivity contribution is 5.61. The number of ether oxygens (including phenoxy) is 1. The minimum absolute atomic E-state index is 0.255. The van der Waals surface area contributed by atoms with Crippen molar-refractivity contribution in [1.82, 2.24) is 20.1 Å². The molecule has 2 heterocycles. The summed E-state index contributed by atoms with van der Waals surface area (Å²) in [5, 5.41) is 3.94. The van der Waals surface area contributed by atoms with Crippen LogP contribution in [-0.2, 0) is 6.42 Å². The Labute approximate surface area is 120 Å². The van der Waals surface area contributed by atoms with Crippen LogP contribution in [0.2, 0.25) is 0 Å². The Balaban J connectivity index is 1.87. The second-order valence-corrected chi connectivity index (χ2v) is 4.29. The molecule has 0 saturated heterocycles. The lowest BCUT2D eigenvalue weighted by atomic mass is 10.1. The molecule has 0 radical (unpaired) electrons. The predicted molar refractivity (Wildman–Crippen MR) is 75.5 cm³/mol. The summed E-state index contributed by atoms with van der Waals surface area (Å²) in [6.45, 7) is 0. The van der Waals surface area contributed by atoms with E-state index >= 15 is 0 Å². The van der Waals surface area contributed by atoms with Gasteiger partial charge in [0.05, 0.1) is 7.11 Å². The monoisotopic (exact) mass is 283 g/mol. The molecule has 2 N–H and O–H groups in total. The van der Waals surface area contributed by atoms with E-state index < -0.39 is 0 Å². The SMILES string of the molecule is COc1ccccc1Cc1noc(-c2nccnc2N)n1. The van der Waals surface area contributed by atoms with E-state index in [4.69, 9.17) is 15.0 Å². The maximum absolute atomic E-state index is 5.74. The smallest absolute Gasteiger partial charge is 0.280 e. The number of nitrogens with two attached hydrogens (primary N) is 1. The van der Waals surface area contributed by atoms with Gasteiger partial charge in [-0.1, -0.05) is 23.4 Å². The van der Waals surface area contributed by atoms with Crippen LogP contribution in [0.4, 0.5) is 5.82 Å². The van der Waals surface area contributed by atoms with Gasteiger partial charge < -0.3 is 15.0 Å². The fourth-order valence-corrected chi connectivity index (χ4v) is 1.95. The van der Waals surface area contributed by atoms with Crippen LogP contribution in [0, 0.1) is 0 Å². The third-order valence-corrected chi connectivity index (χ3v) is 2.94. The normalized spacial score (nSPS) is 10.5. The van der Waals surface area contributed by atoms with Crippen LogP contribution in [0.25, 0.3) is 11.6 Å². The van der Waals surface area contributed by atoms with Gasteiger partial charge in [-0.25, -0.2) is 9.97 Å². The molecule has 0 bridgehead atoms. The van der Waals surface area contributed by atoms with Crippen molar-refractivity contribution in [2.24, 2.45) is 0 Å². The van der Waals surface area contributed by atoms with E-state index in [0.717, 1.165) is 11.3 Å². The second kappa shape index (κ2) is 5.58. The zero-order chi connectivity index (χ0) is 14.7. The molecule has 7 nitrogen and oxygen atoms in total. The van der Waals surface area contributed by atoms with Crippen LogP contribution in [0.5, 0.6) is 5.75 Å². The first kappa shape index (κ1) is 13.0. The number of benzene rings is 1. The minimum Gasteiger partial charge on any atom is -0.496 e. The summed E-state index contributed by atoms with van der Waals surface area (Å²) >= 11 is 0. The number of methoxy groups -OCH3 is 1. The molecule has 0 spiro atoms. The number of rotatable bonds is 4. The van der Waals surface area contributed by atoms with E-state index in [1.807, 2.05) is 24.3 Å². The number of nitrogen functional groups attached to an aromatic ring is 1. The minimum atomic E-state index is 0.255. The summed E-state index contributed by atoms with van der Waals surface area (Å²) in [5.74, 6) is 1.82. The van der Waals surface area contributed by atoms with Crippen molar-refractivity contribution >= 4 is 5.82 Å². The molecule has 2 aromatic heterocycles. The molecular formula is C14H13N5O2. The highest BCUT2D eigenvalue weighted by Gasteiger charge is 2.15. The van der Waals surface area contributed by atoms with Gasteiger partial charge in [-0.2, -0.15) is 4.98 Å². The van der Waals surface area contributed by atoms with Gasteiger partial charge in [-0.05, 0) is 6.07 Å². The highest BCUT2D eigenvalue weighted by atomic mass is 16.5. The van der Waals surface area contributed by atoms with Gasteiger partial charge in [-0.15, -0.1) is 0 Å². The van der Waals surface area contributed by atoms with Gasteiger partial charge in [0.15, 0.2) is 17.3 Å². The second-order valence-electron chi connectivity index (χ2n) is 4.29. The van der Waals surface area contributed by atoms with E-state index in [0.29, 0.717) is 17.9 Å². The fourth-order valence-electron chi connectivity index (χ4n) is 1.95. The maximum atomic E-state index is 5.74. The number of anilines is 1. The van der Waals surface area contributed by atoms with Crippen molar-refractivity contribution in [1.29, 1.82) is 0 Å². The summed E-state index contributed by atoms with van der Waals surface area (Å²) in [6.07, 6.45) is 3.52. The number of hydrogen-bond donors (Lipinski definition) is 1. The average molecular weight is 283 g/mol. The van der Waals surface area contributed by atoms with Crippen LogP contribution >= 0.6 is 0 Å². The van der Waals surface area contributed by atoms with Crippen molar-refractivity contribution < 1.29 is 9.26 Å². The van der Waals surface area contributed by atoms with Crippen molar-refractivity contribution in [2.75, 3.05) is 12.8 Å². The Morgan fingerprint density at radius 2 is 2.00 bits per heavy atom. The lowest BCUT2D eigenvalue weighted by Gasteiger charge is -2.05. The van der Waals surface area contributed by atoms with Gasteiger partial charge in [0.25, 0.3) is 5.89 Å². The molecule has 3 aromatic rings. The van der Waals surface area contributed by atoms with E-state index in [1.54, 1.807) is 7.11 Å². The molecule has 0 unspecified atom stereocenters. The first-order valence-corrected chi connectivity index (χ1v) is 6.29. The van der Waals surface area contributed by atoms with Crippen LogP contribution in [0.1, 0.15) is 11.4 Å². The number of nitrogens with zero attached hydrogens (tertiary/aromatic N) is 4. The molecule has 7 heteroatoms. The summed E-state index contributed by atoms with van der Waals surface area (Å²) in [6, 6.07) is 7.67. The molecule has 3 rings (SSSR count).